The minimum atomic E-state index is -0.356. The molecule has 3 nitrogen and oxygen atoms in total. The fourth-order valence-electron chi connectivity index (χ4n) is 2.00. The lowest BCUT2D eigenvalue weighted by molar-refractivity contribution is -0.117. The Labute approximate surface area is 95.9 Å². The van der Waals surface area contributed by atoms with Crippen molar-refractivity contribution in [1.29, 1.82) is 0 Å². The van der Waals surface area contributed by atoms with Gasteiger partial charge in [0.1, 0.15) is 0 Å². The van der Waals surface area contributed by atoms with Gasteiger partial charge in [-0.05, 0) is 37.0 Å². The molecule has 2 unspecified atom stereocenters. The molecule has 3 heteroatoms. The number of allylic oxidation sites excluding steroid dienone is 6. The van der Waals surface area contributed by atoms with E-state index in [1.54, 1.807) is 0 Å². The van der Waals surface area contributed by atoms with E-state index in [1.807, 2.05) is 6.92 Å². The Morgan fingerprint density at radius 3 is 2.56 bits per heavy atom. The van der Waals surface area contributed by atoms with Gasteiger partial charge in [-0.3, -0.25) is 10.1 Å². The number of aldehydes is 1. The van der Waals surface area contributed by atoms with E-state index in [9.17, 15) is 4.79 Å². The summed E-state index contributed by atoms with van der Waals surface area (Å²) < 4.78 is 5.03. The number of hydrogen-bond acceptors (Lipinski definition) is 3. The van der Waals surface area contributed by atoms with Gasteiger partial charge in [-0.15, -0.1) is 0 Å². The number of hydrogen-bond donors (Lipinski definition) is 1. The number of fused-ring (bicyclic) bond motifs is 2. The van der Waals surface area contributed by atoms with Crippen molar-refractivity contribution >= 4 is 6.29 Å². The van der Waals surface area contributed by atoms with E-state index in [4.69, 9.17) is 4.74 Å². The molecule has 0 aromatic carbocycles. The fourth-order valence-corrected chi connectivity index (χ4v) is 2.00. The predicted octanol–water partition coefficient (Wildman–Crippen LogP) is 1.72. The van der Waals surface area contributed by atoms with Crippen molar-refractivity contribution in [3.05, 3.63) is 34.9 Å². The maximum absolute atomic E-state index is 9.97. The molecule has 1 heterocycles. The molecule has 1 saturated heterocycles. The normalized spacial score (nSPS) is 30.2. The second-order valence-electron chi connectivity index (χ2n) is 4.35. The van der Waals surface area contributed by atoms with Gasteiger partial charge in [-0.25, -0.2) is 0 Å². The topological polar surface area (TPSA) is 38.3 Å². The Morgan fingerprint density at radius 2 is 2.31 bits per heavy atom. The quantitative estimate of drug-likeness (QED) is 0.682. The number of rotatable bonds is 1. The van der Waals surface area contributed by atoms with Crippen LogP contribution in [0.15, 0.2) is 34.9 Å². The van der Waals surface area contributed by atoms with Gasteiger partial charge in [-0.2, -0.15) is 0 Å². The summed E-state index contributed by atoms with van der Waals surface area (Å²) in [6.07, 6.45) is 8.47. The van der Waals surface area contributed by atoms with Crippen LogP contribution in [0, 0.1) is 0 Å². The van der Waals surface area contributed by atoms with Crippen molar-refractivity contribution in [3.63, 3.8) is 0 Å². The lowest BCUT2D eigenvalue weighted by Gasteiger charge is -1.99. The molecule has 16 heavy (non-hydrogen) atoms. The molecule has 0 saturated carbocycles. The minimum absolute atomic E-state index is 0.185. The van der Waals surface area contributed by atoms with Crippen LogP contribution in [0.5, 0.6) is 0 Å². The van der Waals surface area contributed by atoms with Crippen molar-refractivity contribution in [2.24, 2.45) is 0 Å². The molecular formula is C13H17NO2. The van der Waals surface area contributed by atoms with Crippen LogP contribution in [0.1, 0.15) is 20.3 Å². The monoisotopic (exact) mass is 219 g/mol. The predicted molar refractivity (Wildman–Crippen MR) is 62.9 cm³/mol. The average molecular weight is 219 g/mol. The van der Waals surface area contributed by atoms with E-state index in [2.05, 4.69) is 30.5 Å². The summed E-state index contributed by atoms with van der Waals surface area (Å²) in [5.74, 6) is 0. The van der Waals surface area contributed by atoms with Crippen molar-refractivity contribution in [3.8, 4) is 0 Å². The van der Waals surface area contributed by atoms with Crippen molar-refractivity contribution in [1.82, 2.24) is 5.32 Å². The van der Waals surface area contributed by atoms with Crippen molar-refractivity contribution in [2.75, 3.05) is 6.54 Å². The van der Waals surface area contributed by atoms with Crippen LogP contribution < -0.4 is 5.32 Å². The first kappa shape index (κ1) is 11.3. The molecule has 3 rings (SSSR count). The molecule has 1 aliphatic heterocycles. The van der Waals surface area contributed by atoms with Gasteiger partial charge in [0.15, 0.2) is 12.5 Å². The van der Waals surface area contributed by atoms with Crippen LogP contribution in [-0.4, -0.2) is 25.2 Å². The maximum Gasteiger partial charge on any atom is 0.165 e. The molecule has 2 aliphatic carbocycles. The van der Waals surface area contributed by atoms with Crippen molar-refractivity contribution < 1.29 is 9.53 Å². The third-order valence-electron chi connectivity index (χ3n) is 2.91. The molecule has 3 aliphatic rings. The van der Waals surface area contributed by atoms with E-state index in [1.165, 1.54) is 23.1 Å². The van der Waals surface area contributed by atoms with Crippen LogP contribution in [-0.2, 0) is 9.53 Å². The standard InChI is InChI=1S/C8H8.C5H9NO2/c1-6-4-7-2-3-8(6)5-7;1-4-2-6-5(3-7)8-4/h2-4H,5H2,1H3;3-6H,2H2,1H3. The molecule has 86 valence electrons. The van der Waals surface area contributed by atoms with E-state index >= 15 is 0 Å². The molecule has 0 spiro atoms. The van der Waals surface area contributed by atoms with Crippen molar-refractivity contribution in [2.45, 2.75) is 32.6 Å². The summed E-state index contributed by atoms with van der Waals surface area (Å²) in [6, 6.07) is 0. The smallest absolute Gasteiger partial charge is 0.165 e. The van der Waals surface area contributed by atoms with Crippen LogP contribution in [0.4, 0.5) is 0 Å². The van der Waals surface area contributed by atoms with Gasteiger partial charge in [0.25, 0.3) is 0 Å². The Balaban J connectivity index is 0.000000120. The van der Waals surface area contributed by atoms with Crippen LogP contribution in [0.25, 0.3) is 0 Å². The third kappa shape index (κ3) is 2.49. The Kier molecular flexibility index (Phi) is 3.36. The summed E-state index contributed by atoms with van der Waals surface area (Å²) in [5.41, 5.74) is 4.46. The average Bonchev–Trinajstić information content (AvgIpc) is 2.94. The highest BCUT2D eigenvalue weighted by Crippen LogP contribution is 2.32. The van der Waals surface area contributed by atoms with Gasteiger partial charge >= 0.3 is 0 Å². The zero-order valence-electron chi connectivity index (χ0n) is 9.69. The van der Waals surface area contributed by atoms with Crippen LogP contribution in [0.3, 0.4) is 0 Å². The minimum Gasteiger partial charge on any atom is -0.352 e. The maximum atomic E-state index is 9.97. The van der Waals surface area contributed by atoms with E-state index < -0.39 is 0 Å². The second-order valence-corrected chi connectivity index (χ2v) is 4.35. The first-order chi connectivity index (χ1) is 7.69. The summed E-state index contributed by atoms with van der Waals surface area (Å²) >= 11 is 0. The third-order valence-corrected chi connectivity index (χ3v) is 2.91. The van der Waals surface area contributed by atoms with Gasteiger partial charge in [-0.1, -0.05) is 18.2 Å². The van der Waals surface area contributed by atoms with Gasteiger partial charge in [0, 0.05) is 6.54 Å². The number of ether oxygens (including phenoxy) is 1. The van der Waals surface area contributed by atoms with E-state index in [0.717, 1.165) is 12.8 Å². The molecule has 0 radical (unpaired) electrons. The molecule has 2 bridgehead atoms. The summed E-state index contributed by atoms with van der Waals surface area (Å²) in [4.78, 5) is 9.97. The highest BCUT2D eigenvalue weighted by atomic mass is 16.5. The van der Waals surface area contributed by atoms with Crippen LogP contribution >= 0.6 is 0 Å². The summed E-state index contributed by atoms with van der Waals surface area (Å²) in [6.45, 7) is 4.88. The zero-order valence-corrected chi connectivity index (χ0v) is 9.69. The van der Waals surface area contributed by atoms with Gasteiger partial charge in [0.2, 0.25) is 0 Å². The Bertz CT molecular complexity index is 379. The molecule has 2 atom stereocenters. The lowest BCUT2D eigenvalue weighted by Crippen LogP contribution is -2.23. The number of carbonyl (C=O) groups is 1. The zero-order chi connectivity index (χ0) is 11.5. The first-order valence-electron chi connectivity index (χ1n) is 5.61. The Hall–Kier alpha value is -1.19. The van der Waals surface area contributed by atoms with Gasteiger partial charge in [0.05, 0.1) is 6.10 Å². The fraction of sp³-hybridized carbons (Fsp3) is 0.462. The molecule has 0 amide bonds. The van der Waals surface area contributed by atoms with Gasteiger partial charge < -0.3 is 4.74 Å². The number of nitrogens with one attached hydrogen (secondary N) is 1. The number of carbonyl (C=O) groups excluding carboxylic acids is 1. The summed E-state index contributed by atoms with van der Waals surface area (Å²) in [5, 5.41) is 2.87. The highest BCUT2D eigenvalue weighted by molar-refractivity contribution is 5.55. The van der Waals surface area contributed by atoms with E-state index in [-0.39, 0.29) is 12.3 Å². The largest absolute Gasteiger partial charge is 0.352 e. The lowest BCUT2D eigenvalue weighted by atomic mass is 10.2. The first-order valence-corrected chi connectivity index (χ1v) is 5.61. The molecule has 1 N–H and O–H groups in total. The highest BCUT2D eigenvalue weighted by Gasteiger charge is 2.18. The molecule has 0 aromatic heterocycles. The molecular weight excluding hydrogens is 202 g/mol. The SMILES string of the molecule is CC1=C2C=CC(=C1)C2.CC1CNC(C=O)O1. The van der Waals surface area contributed by atoms with E-state index in [0.29, 0.717) is 0 Å². The molecule has 1 fully saturated rings. The second kappa shape index (κ2) is 4.76. The Morgan fingerprint density at radius 1 is 1.50 bits per heavy atom. The van der Waals surface area contributed by atoms with Crippen LogP contribution in [0.2, 0.25) is 0 Å². The molecule has 0 aromatic rings. The summed E-state index contributed by atoms with van der Waals surface area (Å²) in [7, 11) is 0.